The number of hydrogen-bond donors (Lipinski definition) is 1. The maximum Gasteiger partial charge on any atom is 0.335 e. The molecule has 1 fully saturated rings. The number of hydrogen-bond acceptors (Lipinski definition) is 2. The summed E-state index contributed by atoms with van der Waals surface area (Å²) >= 11 is 0. The third-order valence-electron chi connectivity index (χ3n) is 4.36. The first-order chi connectivity index (χ1) is 11.1. The lowest BCUT2D eigenvalue weighted by atomic mass is 9.90. The molecule has 4 nitrogen and oxygen atoms in total. The van der Waals surface area contributed by atoms with Crippen molar-refractivity contribution in [3.63, 3.8) is 0 Å². The maximum atomic E-state index is 12.6. The van der Waals surface area contributed by atoms with Gasteiger partial charge in [0.15, 0.2) is 0 Å². The predicted molar refractivity (Wildman–Crippen MR) is 87.7 cm³/mol. The maximum absolute atomic E-state index is 12.6. The van der Waals surface area contributed by atoms with Crippen LogP contribution >= 0.6 is 0 Å². The molecule has 1 atom stereocenters. The Bertz CT molecular complexity index is 694. The van der Waals surface area contributed by atoms with Crippen molar-refractivity contribution in [3.05, 3.63) is 71.3 Å². The first-order valence-corrected chi connectivity index (χ1v) is 7.83. The lowest BCUT2D eigenvalue weighted by Crippen LogP contribution is -2.39. The van der Waals surface area contributed by atoms with Crippen molar-refractivity contribution in [1.82, 2.24) is 4.90 Å². The minimum Gasteiger partial charge on any atom is -0.478 e. The molecular formula is C19H19NO3. The van der Waals surface area contributed by atoms with E-state index in [0.29, 0.717) is 18.0 Å². The molecule has 23 heavy (non-hydrogen) atoms. The van der Waals surface area contributed by atoms with Gasteiger partial charge in [-0.05, 0) is 42.7 Å². The third-order valence-corrected chi connectivity index (χ3v) is 4.36. The van der Waals surface area contributed by atoms with E-state index in [4.69, 9.17) is 5.11 Å². The van der Waals surface area contributed by atoms with Crippen molar-refractivity contribution in [2.24, 2.45) is 0 Å². The zero-order valence-electron chi connectivity index (χ0n) is 12.8. The average Bonchev–Trinajstić information content (AvgIpc) is 2.62. The normalized spacial score (nSPS) is 17.7. The molecule has 2 aromatic rings. The van der Waals surface area contributed by atoms with Crippen molar-refractivity contribution < 1.29 is 14.7 Å². The topological polar surface area (TPSA) is 57.6 Å². The molecule has 1 N–H and O–H groups in total. The number of likely N-dealkylation sites (tertiary alicyclic amines) is 1. The smallest absolute Gasteiger partial charge is 0.335 e. The van der Waals surface area contributed by atoms with Gasteiger partial charge in [0, 0.05) is 24.6 Å². The quantitative estimate of drug-likeness (QED) is 0.945. The Morgan fingerprint density at radius 1 is 0.957 bits per heavy atom. The van der Waals surface area contributed by atoms with Crippen LogP contribution in [0.25, 0.3) is 0 Å². The lowest BCUT2D eigenvalue weighted by Gasteiger charge is -2.33. The summed E-state index contributed by atoms with van der Waals surface area (Å²) in [4.78, 5) is 25.4. The highest BCUT2D eigenvalue weighted by Gasteiger charge is 2.25. The number of carboxylic acids is 1. The largest absolute Gasteiger partial charge is 0.478 e. The first-order valence-electron chi connectivity index (χ1n) is 7.83. The van der Waals surface area contributed by atoms with Crippen molar-refractivity contribution in [1.29, 1.82) is 0 Å². The van der Waals surface area contributed by atoms with Crippen LogP contribution in [0.5, 0.6) is 0 Å². The Kier molecular flexibility index (Phi) is 4.42. The second kappa shape index (κ2) is 6.65. The lowest BCUT2D eigenvalue weighted by molar-refractivity contribution is 0.0687. The van der Waals surface area contributed by atoms with Crippen molar-refractivity contribution >= 4 is 11.9 Å². The minimum absolute atomic E-state index is 0.0254. The van der Waals surface area contributed by atoms with Gasteiger partial charge in [0.1, 0.15) is 0 Å². The summed E-state index contributed by atoms with van der Waals surface area (Å²) in [6.45, 7) is 1.46. The monoisotopic (exact) mass is 309 g/mol. The molecule has 0 radical (unpaired) electrons. The van der Waals surface area contributed by atoms with E-state index in [9.17, 15) is 9.59 Å². The summed E-state index contributed by atoms with van der Waals surface area (Å²) in [5.74, 6) is -0.638. The van der Waals surface area contributed by atoms with Crippen LogP contribution in [-0.4, -0.2) is 35.0 Å². The fourth-order valence-electron chi connectivity index (χ4n) is 3.10. The number of aromatic carboxylic acids is 1. The number of benzene rings is 2. The van der Waals surface area contributed by atoms with E-state index >= 15 is 0 Å². The fourth-order valence-corrected chi connectivity index (χ4v) is 3.10. The van der Waals surface area contributed by atoms with E-state index in [2.05, 4.69) is 12.1 Å². The number of carboxylic acid groups (broad SMARTS) is 1. The molecule has 1 unspecified atom stereocenters. The van der Waals surface area contributed by atoms with Crippen molar-refractivity contribution in [2.75, 3.05) is 13.1 Å². The molecule has 0 saturated carbocycles. The molecule has 2 aromatic carbocycles. The van der Waals surface area contributed by atoms with Crippen LogP contribution < -0.4 is 0 Å². The van der Waals surface area contributed by atoms with Crippen LogP contribution in [0.1, 0.15) is 45.0 Å². The predicted octanol–water partition coefficient (Wildman–Crippen LogP) is 3.40. The highest BCUT2D eigenvalue weighted by Crippen LogP contribution is 2.27. The zero-order valence-corrected chi connectivity index (χ0v) is 12.8. The summed E-state index contributed by atoms with van der Waals surface area (Å²) in [5.41, 5.74) is 2.01. The third kappa shape index (κ3) is 3.42. The van der Waals surface area contributed by atoms with E-state index in [0.717, 1.165) is 19.4 Å². The standard InChI is InChI=1S/C19H19NO3/c21-18(15-8-10-16(11-9-15)19(22)23)20-12-4-7-17(13-20)14-5-2-1-3-6-14/h1-3,5-6,8-11,17H,4,7,12-13H2,(H,22,23). The second-order valence-corrected chi connectivity index (χ2v) is 5.88. The van der Waals surface area contributed by atoms with E-state index < -0.39 is 5.97 Å². The van der Waals surface area contributed by atoms with E-state index in [1.54, 1.807) is 12.1 Å². The molecule has 4 heteroatoms. The van der Waals surface area contributed by atoms with Gasteiger partial charge >= 0.3 is 5.97 Å². The van der Waals surface area contributed by atoms with Gasteiger partial charge in [-0.25, -0.2) is 4.79 Å². The van der Waals surface area contributed by atoms with E-state index in [-0.39, 0.29) is 11.5 Å². The molecule has 1 heterocycles. The average molecular weight is 309 g/mol. The number of nitrogens with zero attached hydrogens (tertiary/aromatic N) is 1. The van der Waals surface area contributed by atoms with Crippen LogP contribution in [0.3, 0.4) is 0 Å². The Morgan fingerprint density at radius 2 is 1.61 bits per heavy atom. The van der Waals surface area contributed by atoms with Crippen LogP contribution in [-0.2, 0) is 0 Å². The van der Waals surface area contributed by atoms with Crippen LogP contribution in [0, 0.1) is 0 Å². The molecule has 0 aliphatic carbocycles. The van der Waals surface area contributed by atoms with Crippen LogP contribution in [0.4, 0.5) is 0 Å². The highest BCUT2D eigenvalue weighted by atomic mass is 16.4. The summed E-state index contributed by atoms with van der Waals surface area (Å²) in [6, 6.07) is 16.4. The van der Waals surface area contributed by atoms with Gasteiger partial charge in [0.05, 0.1) is 5.56 Å². The Balaban J connectivity index is 1.73. The minimum atomic E-state index is -0.980. The molecule has 1 aliphatic heterocycles. The number of carbonyl (C=O) groups is 2. The van der Waals surface area contributed by atoms with Crippen molar-refractivity contribution in [3.8, 4) is 0 Å². The Morgan fingerprint density at radius 3 is 2.26 bits per heavy atom. The van der Waals surface area contributed by atoms with E-state index in [1.807, 2.05) is 23.1 Å². The van der Waals surface area contributed by atoms with Gasteiger partial charge in [0.2, 0.25) is 0 Å². The second-order valence-electron chi connectivity index (χ2n) is 5.88. The Labute approximate surface area is 135 Å². The van der Waals surface area contributed by atoms with Crippen LogP contribution in [0.15, 0.2) is 54.6 Å². The first kappa shape index (κ1) is 15.3. The van der Waals surface area contributed by atoms with Crippen LogP contribution in [0.2, 0.25) is 0 Å². The number of carbonyl (C=O) groups excluding carboxylic acids is 1. The molecule has 3 rings (SSSR count). The van der Waals surface area contributed by atoms with Gasteiger partial charge in [-0.15, -0.1) is 0 Å². The molecule has 118 valence electrons. The number of amides is 1. The molecule has 1 aliphatic rings. The number of piperidine rings is 1. The van der Waals surface area contributed by atoms with Crippen molar-refractivity contribution in [2.45, 2.75) is 18.8 Å². The summed E-state index contributed by atoms with van der Waals surface area (Å²) in [7, 11) is 0. The fraction of sp³-hybridized carbons (Fsp3) is 0.263. The summed E-state index contributed by atoms with van der Waals surface area (Å²) in [5, 5.41) is 8.93. The van der Waals surface area contributed by atoms with Gasteiger partial charge < -0.3 is 10.0 Å². The number of rotatable bonds is 3. The van der Waals surface area contributed by atoms with Gasteiger partial charge in [-0.1, -0.05) is 30.3 Å². The zero-order chi connectivity index (χ0) is 16.2. The molecule has 0 aromatic heterocycles. The SMILES string of the molecule is O=C(O)c1ccc(C(=O)N2CCCC(c3ccccc3)C2)cc1. The molecule has 0 spiro atoms. The van der Waals surface area contributed by atoms with E-state index in [1.165, 1.54) is 17.7 Å². The van der Waals surface area contributed by atoms with Gasteiger partial charge in [-0.2, -0.15) is 0 Å². The molecular weight excluding hydrogens is 290 g/mol. The molecule has 0 bridgehead atoms. The van der Waals surface area contributed by atoms with Gasteiger partial charge in [0.25, 0.3) is 5.91 Å². The highest BCUT2D eigenvalue weighted by molar-refractivity contribution is 5.96. The summed E-state index contributed by atoms with van der Waals surface area (Å²) in [6.07, 6.45) is 2.07. The van der Waals surface area contributed by atoms with Gasteiger partial charge in [-0.3, -0.25) is 4.79 Å². The molecule has 1 amide bonds. The Hall–Kier alpha value is -2.62. The molecule has 1 saturated heterocycles. The summed E-state index contributed by atoms with van der Waals surface area (Å²) < 4.78 is 0.